The molecule has 0 saturated carbocycles. The van der Waals surface area contributed by atoms with Gasteiger partial charge < -0.3 is 5.73 Å². The van der Waals surface area contributed by atoms with Crippen LogP contribution in [0.15, 0.2) is 16.6 Å². The van der Waals surface area contributed by atoms with Crippen molar-refractivity contribution in [2.45, 2.75) is 19.9 Å². The molecule has 1 nitrogen and oxygen atoms in total. The first kappa shape index (κ1) is 9.68. The summed E-state index contributed by atoms with van der Waals surface area (Å²) in [5.74, 6) is -0.239. The summed E-state index contributed by atoms with van der Waals surface area (Å²) in [5.41, 5.74) is 7.56. The van der Waals surface area contributed by atoms with Crippen molar-refractivity contribution in [2.75, 3.05) is 0 Å². The average molecular weight is 232 g/mol. The van der Waals surface area contributed by atoms with Crippen LogP contribution in [-0.2, 0) is 0 Å². The van der Waals surface area contributed by atoms with E-state index in [1.165, 1.54) is 6.07 Å². The summed E-state index contributed by atoms with van der Waals surface area (Å²) in [5, 5.41) is 0. The summed E-state index contributed by atoms with van der Waals surface area (Å²) in [6.07, 6.45) is 0. The Hall–Kier alpha value is -0.410. The molecule has 2 N–H and O–H groups in total. The molecule has 1 aromatic carbocycles. The van der Waals surface area contributed by atoms with E-state index in [0.717, 1.165) is 11.1 Å². The number of hydrogen-bond donors (Lipinski definition) is 1. The second kappa shape index (κ2) is 3.54. The molecule has 0 radical (unpaired) electrons. The van der Waals surface area contributed by atoms with Crippen LogP contribution in [0.4, 0.5) is 4.39 Å². The quantitative estimate of drug-likeness (QED) is 0.791. The van der Waals surface area contributed by atoms with Gasteiger partial charge in [0.1, 0.15) is 5.82 Å². The van der Waals surface area contributed by atoms with E-state index in [1.54, 1.807) is 6.07 Å². The highest BCUT2D eigenvalue weighted by atomic mass is 79.9. The molecule has 1 aromatic rings. The lowest BCUT2D eigenvalue weighted by Gasteiger charge is -2.10. The maximum Gasteiger partial charge on any atom is 0.137 e. The number of halogens is 2. The minimum absolute atomic E-state index is 0.0538. The Kier molecular flexibility index (Phi) is 2.85. The van der Waals surface area contributed by atoms with Gasteiger partial charge in [0, 0.05) is 6.04 Å². The molecule has 3 heteroatoms. The van der Waals surface area contributed by atoms with Gasteiger partial charge in [-0.15, -0.1) is 0 Å². The lowest BCUT2D eigenvalue weighted by molar-refractivity contribution is 0.617. The topological polar surface area (TPSA) is 26.0 Å². The maximum atomic E-state index is 12.9. The predicted octanol–water partition coefficient (Wildman–Crippen LogP) is 2.92. The van der Waals surface area contributed by atoms with Crippen molar-refractivity contribution in [3.8, 4) is 0 Å². The molecule has 0 fully saturated rings. The third-order valence-corrected chi connectivity index (χ3v) is 2.41. The highest BCUT2D eigenvalue weighted by Gasteiger charge is 2.07. The fourth-order valence-electron chi connectivity index (χ4n) is 1.15. The number of hydrogen-bond acceptors (Lipinski definition) is 1. The molecule has 66 valence electrons. The summed E-state index contributed by atoms with van der Waals surface area (Å²) in [6, 6.07) is 3.17. The standard InChI is InChI=1S/C9H11BrFN/c1-5-3-9(11)8(10)4-7(5)6(2)12/h3-4,6H,12H2,1-2H3. The summed E-state index contributed by atoms with van der Waals surface area (Å²) in [7, 11) is 0. The fourth-order valence-corrected chi connectivity index (χ4v) is 1.51. The molecule has 0 aliphatic heterocycles. The zero-order valence-corrected chi connectivity index (χ0v) is 8.65. The lowest BCUT2D eigenvalue weighted by Crippen LogP contribution is -2.07. The summed E-state index contributed by atoms with van der Waals surface area (Å²) >= 11 is 3.12. The molecule has 0 heterocycles. The van der Waals surface area contributed by atoms with Crippen LogP contribution >= 0.6 is 15.9 Å². The van der Waals surface area contributed by atoms with Crippen molar-refractivity contribution in [1.82, 2.24) is 0 Å². The van der Waals surface area contributed by atoms with Crippen molar-refractivity contribution < 1.29 is 4.39 Å². The summed E-state index contributed by atoms with van der Waals surface area (Å²) < 4.78 is 13.4. The van der Waals surface area contributed by atoms with Gasteiger partial charge >= 0.3 is 0 Å². The van der Waals surface area contributed by atoms with E-state index in [1.807, 2.05) is 13.8 Å². The van der Waals surface area contributed by atoms with E-state index in [-0.39, 0.29) is 11.9 Å². The monoisotopic (exact) mass is 231 g/mol. The van der Waals surface area contributed by atoms with Crippen LogP contribution in [0.2, 0.25) is 0 Å². The van der Waals surface area contributed by atoms with Crippen LogP contribution in [0.25, 0.3) is 0 Å². The van der Waals surface area contributed by atoms with Crippen LogP contribution in [0.1, 0.15) is 24.1 Å². The summed E-state index contributed by atoms with van der Waals surface area (Å²) in [6.45, 7) is 3.74. The predicted molar refractivity (Wildman–Crippen MR) is 51.4 cm³/mol. The maximum absolute atomic E-state index is 12.9. The summed E-state index contributed by atoms with van der Waals surface area (Å²) in [4.78, 5) is 0. The van der Waals surface area contributed by atoms with Crippen molar-refractivity contribution in [1.29, 1.82) is 0 Å². The van der Waals surface area contributed by atoms with Gasteiger partial charge in [-0.25, -0.2) is 4.39 Å². The van der Waals surface area contributed by atoms with Crippen LogP contribution < -0.4 is 5.73 Å². The first-order valence-corrected chi connectivity index (χ1v) is 4.53. The normalized spacial score (nSPS) is 13.1. The van der Waals surface area contributed by atoms with Gasteiger partial charge in [-0.3, -0.25) is 0 Å². The highest BCUT2D eigenvalue weighted by molar-refractivity contribution is 9.10. The Morgan fingerprint density at radius 3 is 2.58 bits per heavy atom. The van der Waals surface area contributed by atoms with E-state index >= 15 is 0 Å². The highest BCUT2D eigenvalue weighted by Crippen LogP contribution is 2.23. The number of benzene rings is 1. The van der Waals surface area contributed by atoms with Gasteiger partial charge in [0.15, 0.2) is 0 Å². The average Bonchev–Trinajstić information content (AvgIpc) is 1.96. The third-order valence-electron chi connectivity index (χ3n) is 1.80. The molecule has 1 unspecified atom stereocenters. The Morgan fingerprint density at radius 1 is 1.50 bits per heavy atom. The minimum atomic E-state index is -0.239. The van der Waals surface area contributed by atoms with Crippen molar-refractivity contribution in [3.05, 3.63) is 33.5 Å². The van der Waals surface area contributed by atoms with E-state index in [4.69, 9.17) is 5.73 Å². The number of nitrogens with two attached hydrogens (primary N) is 1. The van der Waals surface area contributed by atoms with E-state index in [9.17, 15) is 4.39 Å². The molecule has 1 rings (SSSR count). The Labute approximate surface area is 79.9 Å². The largest absolute Gasteiger partial charge is 0.324 e. The molecule has 0 bridgehead atoms. The van der Waals surface area contributed by atoms with Crippen LogP contribution in [-0.4, -0.2) is 0 Å². The molecule has 0 spiro atoms. The third kappa shape index (κ3) is 1.84. The second-order valence-corrected chi connectivity index (χ2v) is 3.77. The smallest absolute Gasteiger partial charge is 0.137 e. The fraction of sp³-hybridized carbons (Fsp3) is 0.333. The van der Waals surface area contributed by atoms with Gasteiger partial charge in [-0.1, -0.05) is 0 Å². The second-order valence-electron chi connectivity index (χ2n) is 2.91. The Balaban J connectivity index is 3.23. The molecule has 1 atom stereocenters. The SMILES string of the molecule is Cc1cc(F)c(Br)cc1C(C)N. The zero-order chi connectivity index (χ0) is 9.30. The molecule has 0 aliphatic carbocycles. The van der Waals surface area contributed by atoms with Crippen molar-refractivity contribution >= 4 is 15.9 Å². The molecule has 0 aliphatic rings. The molecule has 0 aromatic heterocycles. The molecular weight excluding hydrogens is 221 g/mol. The van der Waals surface area contributed by atoms with E-state index < -0.39 is 0 Å². The van der Waals surface area contributed by atoms with Gasteiger partial charge in [-0.05, 0) is 53.0 Å². The van der Waals surface area contributed by atoms with E-state index in [2.05, 4.69) is 15.9 Å². The Bertz CT molecular complexity index is 297. The number of rotatable bonds is 1. The van der Waals surface area contributed by atoms with E-state index in [0.29, 0.717) is 4.47 Å². The first-order chi connectivity index (χ1) is 5.52. The molecular formula is C9H11BrFN. The molecule has 12 heavy (non-hydrogen) atoms. The van der Waals surface area contributed by atoms with Crippen LogP contribution in [0.3, 0.4) is 0 Å². The zero-order valence-electron chi connectivity index (χ0n) is 7.07. The number of aryl methyl sites for hydroxylation is 1. The molecule has 0 saturated heterocycles. The van der Waals surface area contributed by atoms with Gasteiger partial charge in [-0.2, -0.15) is 0 Å². The van der Waals surface area contributed by atoms with Crippen LogP contribution in [0, 0.1) is 12.7 Å². The van der Waals surface area contributed by atoms with Crippen molar-refractivity contribution in [2.24, 2.45) is 5.73 Å². The van der Waals surface area contributed by atoms with Crippen molar-refractivity contribution in [3.63, 3.8) is 0 Å². The van der Waals surface area contributed by atoms with Crippen LogP contribution in [0.5, 0.6) is 0 Å². The minimum Gasteiger partial charge on any atom is -0.324 e. The first-order valence-electron chi connectivity index (χ1n) is 3.73. The van der Waals surface area contributed by atoms with Gasteiger partial charge in [0.2, 0.25) is 0 Å². The lowest BCUT2D eigenvalue weighted by atomic mass is 10.0. The van der Waals surface area contributed by atoms with Gasteiger partial charge in [0.25, 0.3) is 0 Å². The Morgan fingerprint density at radius 2 is 2.08 bits per heavy atom. The molecule has 0 amide bonds. The van der Waals surface area contributed by atoms with Gasteiger partial charge in [0.05, 0.1) is 4.47 Å².